The van der Waals surface area contributed by atoms with Gasteiger partial charge in [-0.25, -0.2) is 9.48 Å². The summed E-state index contributed by atoms with van der Waals surface area (Å²) in [6, 6.07) is 9.33. The Bertz CT molecular complexity index is 1120. The molecule has 1 heterocycles. The van der Waals surface area contributed by atoms with Crippen molar-refractivity contribution >= 4 is 81.4 Å². The zero-order valence-electron chi connectivity index (χ0n) is 28.6. The summed E-state index contributed by atoms with van der Waals surface area (Å²) in [5, 5.41) is 0. The lowest BCUT2D eigenvalue weighted by molar-refractivity contribution is -0.425. The number of aryl methyl sites for hydroxylation is 2. The van der Waals surface area contributed by atoms with Crippen molar-refractivity contribution in [3.05, 3.63) is 53.3 Å². The molecule has 2 aromatic rings. The molecule has 0 amide bonds. The lowest BCUT2D eigenvalue weighted by Crippen LogP contribution is -3.00. The number of unbranched alkanes of at least 4 members (excludes halogenated alkanes) is 18. The summed E-state index contributed by atoms with van der Waals surface area (Å²) in [4.78, 5) is 2.37. The molecule has 0 atom stereocenters. The topological polar surface area (TPSA) is 6.25 Å². The average molecular weight is 911 g/mol. The second kappa shape index (κ2) is 25.1. The Labute approximate surface area is 322 Å². The highest BCUT2D eigenvalue weighted by atomic mass is 79.9. The first kappa shape index (κ1) is 42.3. The first-order valence-corrected chi connectivity index (χ1v) is 21.5. The van der Waals surface area contributed by atoms with Crippen molar-refractivity contribution in [2.45, 2.75) is 155 Å². The van der Waals surface area contributed by atoms with Crippen molar-refractivity contribution in [2.24, 2.45) is 0 Å². The SMILES string of the molecule is CCCCCCCCCCCCc1cc(Br)c(N2C=[N+](c3c(Br)cc(CCCCCCCCCCCC)cc3Br)CC2)c(Br)c1.[Cl-]. The van der Waals surface area contributed by atoms with Gasteiger partial charge in [-0.1, -0.05) is 129 Å². The zero-order valence-corrected chi connectivity index (χ0v) is 35.7. The molecule has 0 fully saturated rings. The highest BCUT2D eigenvalue weighted by Gasteiger charge is 2.29. The number of hydrogen-bond donors (Lipinski definition) is 0. The van der Waals surface area contributed by atoms with Crippen LogP contribution < -0.4 is 17.3 Å². The van der Waals surface area contributed by atoms with E-state index in [1.165, 1.54) is 169 Å². The highest BCUT2D eigenvalue weighted by Crippen LogP contribution is 2.39. The molecule has 2 nitrogen and oxygen atoms in total. The van der Waals surface area contributed by atoms with Gasteiger partial charge in [-0.2, -0.15) is 0 Å². The summed E-state index contributed by atoms with van der Waals surface area (Å²) in [6.45, 7) is 6.49. The fourth-order valence-electron chi connectivity index (χ4n) is 6.54. The minimum Gasteiger partial charge on any atom is -1.00 e. The molecule has 1 aliphatic heterocycles. The second-order valence-electron chi connectivity index (χ2n) is 13.2. The van der Waals surface area contributed by atoms with E-state index in [1.54, 1.807) is 0 Å². The molecular weight excluding hydrogens is 852 g/mol. The van der Waals surface area contributed by atoms with Gasteiger partial charge in [0.1, 0.15) is 13.1 Å². The Morgan fingerprint density at radius 3 is 1.26 bits per heavy atom. The molecule has 0 N–H and O–H groups in total. The van der Waals surface area contributed by atoms with Crippen LogP contribution in [0.2, 0.25) is 0 Å². The van der Waals surface area contributed by atoms with Crippen LogP contribution in [-0.4, -0.2) is 24.0 Å². The number of anilines is 1. The maximum absolute atomic E-state index is 3.92. The summed E-state index contributed by atoms with van der Waals surface area (Å²) in [5.74, 6) is 0. The van der Waals surface area contributed by atoms with Gasteiger partial charge >= 0.3 is 0 Å². The Morgan fingerprint density at radius 1 is 0.522 bits per heavy atom. The summed E-state index contributed by atoms with van der Waals surface area (Å²) >= 11 is 15.7. The van der Waals surface area contributed by atoms with Crippen molar-refractivity contribution in [3.8, 4) is 0 Å². The molecule has 0 saturated carbocycles. The summed E-state index contributed by atoms with van der Waals surface area (Å²) in [7, 11) is 0. The van der Waals surface area contributed by atoms with E-state index in [2.05, 4.69) is 118 Å². The predicted octanol–water partition coefficient (Wildman–Crippen LogP) is 11.9. The fourth-order valence-corrected chi connectivity index (χ4v) is 10.0. The van der Waals surface area contributed by atoms with Crippen LogP contribution in [0.5, 0.6) is 0 Å². The number of rotatable bonds is 24. The third kappa shape index (κ3) is 15.3. The molecule has 260 valence electrons. The fraction of sp³-hybridized carbons (Fsp3) is 0.667. The van der Waals surface area contributed by atoms with Crippen LogP contribution in [0.1, 0.15) is 153 Å². The average Bonchev–Trinajstić information content (AvgIpc) is 3.47. The lowest BCUT2D eigenvalue weighted by atomic mass is 10.0. The van der Waals surface area contributed by atoms with Crippen molar-refractivity contribution in [1.82, 2.24) is 0 Å². The standard InChI is InChI=1S/C39H59Br4N2.ClH/c1-3-5-7-9-11-13-15-17-19-21-23-32-27-34(40)38(35(41)28-32)44-25-26-45(31-44)39-36(42)29-33(30-37(39)43)24-22-20-18-16-14-12-10-8-6-4-2;/h27-31H,3-26H2,1-2H3;1H/q+1;/p-1. The molecule has 0 unspecified atom stereocenters. The molecule has 3 rings (SSSR count). The van der Waals surface area contributed by atoms with Crippen LogP contribution in [-0.2, 0) is 12.8 Å². The molecule has 0 saturated heterocycles. The number of nitrogens with zero attached hydrogens (tertiary/aromatic N) is 2. The van der Waals surface area contributed by atoms with Gasteiger partial charge in [-0.05, 0) is 125 Å². The first-order valence-electron chi connectivity index (χ1n) is 18.3. The van der Waals surface area contributed by atoms with E-state index in [0.717, 1.165) is 25.9 Å². The molecule has 46 heavy (non-hydrogen) atoms. The van der Waals surface area contributed by atoms with E-state index in [4.69, 9.17) is 0 Å². The van der Waals surface area contributed by atoms with Crippen molar-refractivity contribution in [2.75, 3.05) is 18.0 Å². The number of hydrogen-bond acceptors (Lipinski definition) is 1. The quantitative estimate of drug-likeness (QED) is 0.0751. The predicted molar refractivity (Wildman–Crippen MR) is 213 cm³/mol. The molecule has 0 aliphatic carbocycles. The summed E-state index contributed by atoms with van der Waals surface area (Å²) in [5.41, 5.74) is 5.26. The van der Waals surface area contributed by atoms with Crippen molar-refractivity contribution in [1.29, 1.82) is 0 Å². The zero-order chi connectivity index (χ0) is 32.3. The normalized spacial score (nSPS) is 12.9. The summed E-state index contributed by atoms with van der Waals surface area (Å²) < 4.78 is 7.04. The maximum Gasteiger partial charge on any atom is 0.244 e. The van der Waals surface area contributed by atoms with Gasteiger partial charge in [0.15, 0.2) is 11.4 Å². The molecule has 0 spiro atoms. The lowest BCUT2D eigenvalue weighted by Gasteiger charge is -2.13. The van der Waals surface area contributed by atoms with Gasteiger partial charge < -0.3 is 12.4 Å². The molecule has 0 radical (unpaired) electrons. The van der Waals surface area contributed by atoms with Gasteiger partial charge in [0.05, 0.1) is 17.9 Å². The maximum atomic E-state index is 3.92. The van der Waals surface area contributed by atoms with Gasteiger partial charge in [0.2, 0.25) is 6.34 Å². The van der Waals surface area contributed by atoms with E-state index in [0.29, 0.717) is 0 Å². The van der Waals surface area contributed by atoms with Crippen LogP contribution in [0.25, 0.3) is 0 Å². The number of benzene rings is 2. The third-order valence-corrected chi connectivity index (χ3v) is 11.6. The number of halogens is 5. The molecule has 1 aliphatic rings. The van der Waals surface area contributed by atoms with Crippen LogP contribution in [0.15, 0.2) is 42.2 Å². The second-order valence-corrected chi connectivity index (χ2v) is 16.6. The monoisotopic (exact) mass is 906 g/mol. The Morgan fingerprint density at radius 2 is 0.870 bits per heavy atom. The van der Waals surface area contributed by atoms with E-state index < -0.39 is 0 Å². The van der Waals surface area contributed by atoms with E-state index >= 15 is 0 Å². The Balaban J connectivity index is 0.00000736. The van der Waals surface area contributed by atoms with Gasteiger partial charge in [0.25, 0.3) is 0 Å². The van der Waals surface area contributed by atoms with Crippen molar-refractivity contribution < 1.29 is 17.0 Å². The molecule has 2 aromatic carbocycles. The molecule has 0 aromatic heterocycles. The van der Waals surface area contributed by atoms with Gasteiger partial charge in [-0.3, -0.25) is 0 Å². The molecule has 7 heteroatoms. The largest absolute Gasteiger partial charge is 1.00 e. The first-order chi connectivity index (χ1) is 21.9. The Hall–Kier alpha value is 0.120. The van der Waals surface area contributed by atoms with Crippen LogP contribution in [0, 0.1) is 0 Å². The van der Waals surface area contributed by atoms with Crippen LogP contribution >= 0.6 is 63.7 Å². The summed E-state index contributed by atoms with van der Waals surface area (Å²) in [6.07, 6.45) is 32.2. The van der Waals surface area contributed by atoms with Gasteiger partial charge in [0, 0.05) is 0 Å². The minimum absolute atomic E-state index is 0. The van der Waals surface area contributed by atoms with E-state index in [9.17, 15) is 0 Å². The van der Waals surface area contributed by atoms with Gasteiger partial charge in [-0.15, -0.1) is 0 Å². The minimum atomic E-state index is 0. The smallest absolute Gasteiger partial charge is 0.244 e. The molecular formula is C39H59Br4ClN2. The van der Waals surface area contributed by atoms with E-state index in [1.807, 2.05) is 0 Å². The van der Waals surface area contributed by atoms with Crippen LogP contribution in [0.4, 0.5) is 11.4 Å². The highest BCUT2D eigenvalue weighted by molar-refractivity contribution is 9.11. The Kier molecular flexibility index (Phi) is 23.1. The molecule has 0 bridgehead atoms. The van der Waals surface area contributed by atoms with Crippen molar-refractivity contribution in [3.63, 3.8) is 0 Å². The van der Waals surface area contributed by atoms with Crippen LogP contribution in [0.3, 0.4) is 0 Å². The third-order valence-electron chi connectivity index (χ3n) is 9.23. The van der Waals surface area contributed by atoms with E-state index in [-0.39, 0.29) is 12.4 Å².